The third kappa shape index (κ3) is 8.44. The fourth-order valence-corrected chi connectivity index (χ4v) is 3.26. The Morgan fingerprint density at radius 1 is 0.774 bits per heavy atom. The highest BCUT2D eigenvalue weighted by Gasteiger charge is 2.30. The third-order valence-corrected chi connectivity index (χ3v) is 4.78. The van der Waals surface area contributed by atoms with Crippen molar-refractivity contribution in [3.05, 3.63) is 42.5 Å². The summed E-state index contributed by atoms with van der Waals surface area (Å²) in [4.78, 5) is -0.213. The molecule has 2 aromatic rings. The number of alkyl halides is 6. The Kier molecular flexibility index (Phi) is 7.52. The number of nitrogens with one attached hydrogen (secondary N) is 1. The van der Waals surface area contributed by atoms with Crippen LogP contribution in [0.1, 0.15) is 6.92 Å². The summed E-state index contributed by atoms with van der Waals surface area (Å²) in [6.45, 7) is -1.38. The first-order chi connectivity index (χ1) is 14.3. The van der Waals surface area contributed by atoms with Crippen molar-refractivity contribution in [2.24, 2.45) is 0 Å². The second kappa shape index (κ2) is 9.54. The van der Waals surface area contributed by atoms with Crippen molar-refractivity contribution in [3.63, 3.8) is 0 Å². The first-order valence-corrected chi connectivity index (χ1v) is 10.1. The number of hydrogen-bond donors (Lipinski definition) is 1. The first-order valence-electron chi connectivity index (χ1n) is 8.57. The second-order valence-electron chi connectivity index (χ2n) is 6.01. The molecule has 0 aliphatic heterocycles. The lowest BCUT2D eigenvalue weighted by Crippen LogP contribution is -2.20. The minimum atomic E-state index is -4.72. The molecule has 0 atom stereocenters. The van der Waals surface area contributed by atoms with Crippen LogP contribution in [0.5, 0.6) is 17.2 Å². The van der Waals surface area contributed by atoms with E-state index in [1.807, 2.05) is 0 Å². The van der Waals surface area contributed by atoms with E-state index in [4.69, 9.17) is 4.74 Å². The predicted molar refractivity (Wildman–Crippen MR) is 98.0 cm³/mol. The highest BCUT2D eigenvalue weighted by Crippen LogP contribution is 2.30. The van der Waals surface area contributed by atoms with Gasteiger partial charge in [-0.2, -0.15) is 26.3 Å². The second-order valence-corrected chi connectivity index (χ2v) is 7.69. The molecule has 0 aliphatic rings. The Balaban J connectivity index is 2.29. The summed E-state index contributed by atoms with van der Waals surface area (Å²) in [5.74, 6) is -0.672. The van der Waals surface area contributed by atoms with Crippen LogP contribution in [0.25, 0.3) is 0 Å². The molecule has 2 aromatic carbocycles. The number of ether oxygens (including phenoxy) is 3. The molecule has 0 heterocycles. The molecule has 0 bridgehead atoms. The summed E-state index contributed by atoms with van der Waals surface area (Å²) in [5, 5.41) is 0. The van der Waals surface area contributed by atoms with Crippen molar-refractivity contribution in [1.29, 1.82) is 0 Å². The van der Waals surface area contributed by atoms with Gasteiger partial charge < -0.3 is 14.2 Å². The van der Waals surface area contributed by atoms with Gasteiger partial charge in [0.2, 0.25) is 0 Å². The van der Waals surface area contributed by atoms with Gasteiger partial charge in [0.1, 0.15) is 17.2 Å². The van der Waals surface area contributed by atoms with Gasteiger partial charge in [0.25, 0.3) is 10.0 Å². The maximum atomic E-state index is 12.5. The van der Waals surface area contributed by atoms with E-state index in [0.29, 0.717) is 12.4 Å². The highest BCUT2D eigenvalue weighted by atomic mass is 32.2. The number of halogens is 6. The molecule has 1 N–H and O–H groups in total. The van der Waals surface area contributed by atoms with Crippen LogP contribution < -0.4 is 18.9 Å². The summed E-state index contributed by atoms with van der Waals surface area (Å²) < 4.78 is 116. The number of rotatable bonds is 9. The average molecular weight is 473 g/mol. The molecule has 172 valence electrons. The molecule has 0 spiro atoms. The Labute approximate surface area is 173 Å². The molecule has 0 radical (unpaired) electrons. The van der Waals surface area contributed by atoms with Gasteiger partial charge in [-0.3, -0.25) is 4.72 Å². The first kappa shape index (κ1) is 24.4. The molecule has 0 amide bonds. The maximum Gasteiger partial charge on any atom is 0.422 e. The summed E-state index contributed by atoms with van der Waals surface area (Å²) >= 11 is 0. The monoisotopic (exact) mass is 473 g/mol. The third-order valence-electron chi connectivity index (χ3n) is 3.38. The number of anilines is 1. The predicted octanol–water partition coefficient (Wildman–Crippen LogP) is 4.77. The van der Waals surface area contributed by atoms with E-state index in [1.54, 1.807) is 6.92 Å². The molecule has 6 nitrogen and oxygen atoms in total. The van der Waals surface area contributed by atoms with Gasteiger partial charge >= 0.3 is 12.4 Å². The van der Waals surface area contributed by atoms with E-state index in [-0.39, 0.29) is 10.6 Å². The topological polar surface area (TPSA) is 73.9 Å². The number of sulfonamides is 1. The molecule has 0 unspecified atom stereocenters. The van der Waals surface area contributed by atoms with Crippen LogP contribution in [0.3, 0.4) is 0 Å². The lowest BCUT2D eigenvalue weighted by atomic mass is 10.3. The van der Waals surface area contributed by atoms with Crippen molar-refractivity contribution in [3.8, 4) is 17.2 Å². The average Bonchev–Trinajstić information content (AvgIpc) is 2.64. The van der Waals surface area contributed by atoms with Crippen molar-refractivity contribution < 1.29 is 49.0 Å². The lowest BCUT2D eigenvalue weighted by Gasteiger charge is -2.15. The summed E-state index contributed by atoms with van der Waals surface area (Å²) in [6, 6.07) is 7.77. The summed E-state index contributed by atoms with van der Waals surface area (Å²) in [6.07, 6.45) is -9.43. The van der Waals surface area contributed by atoms with Crippen LogP contribution in [0.2, 0.25) is 0 Å². The van der Waals surface area contributed by atoms with E-state index in [1.165, 1.54) is 24.3 Å². The zero-order valence-corrected chi connectivity index (χ0v) is 16.7. The lowest BCUT2D eigenvalue weighted by molar-refractivity contribution is -0.153. The van der Waals surface area contributed by atoms with Crippen LogP contribution >= 0.6 is 0 Å². The van der Waals surface area contributed by atoms with Gasteiger partial charge in [-0.25, -0.2) is 8.42 Å². The maximum absolute atomic E-state index is 12.5. The van der Waals surface area contributed by atoms with Gasteiger partial charge in [-0.05, 0) is 31.2 Å². The Hall–Kier alpha value is -2.83. The van der Waals surface area contributed by atoms with Gasteiger partial charge in [-0.15, -0.1) is 0 Å². The van der Waals surface area contributed by atoms with Crippen molar-refractivity contribution >= 4 is 15.7 Å². The molecule has 13 heteroatoms. The van der Waals surface area contributed by atoms with Gasteiger partial charge in [0.15, 0.2) is 13.2 Å². The molecule has 0 saturated carbocycles. The smallest absolute Gasteiger partial charge is 0.422 e. The van der Waals surface area contributed by atoms with Crippen LogP contribution in [-0.2, 0) is 10.0 Å². The van der Waals surface area contributed by atoms with Crippen molar-refractivity contribution in [2.75, 3.05) is 24.5 Å². The quantitative estimate of drug-likeness (QED) is 0.532. The van der Waals surface area contributed by atoms with Gasteiger partial charge in [0, 0.05) is 18.2 Å². The minimum Gasteiger partial charge on any atom is -0.494 e. The molecule has 0 aromatic heterocycles. The van der Waals surface area contributed by atoms with Crippen LogP contribution in [0.4, 0.5) is 32.0 Å². The summed E-state index contributed by atoms with van der Waals surface area (Å²) in [5.41, 5.74) is -0.356. The number of hydrogen-bond acceptors (Lipinski definition) is 5. The Bertz CT molecular complexity index is 938. The van der Waals surface area contributed by atoms with Crippen LogP contribution in [0.15, 0.2) is 47.4 Å². The standard InChI is InChI=1S/C18H17F6NO5S/c1-2-28-13-3-5-16(6-4-13)31(26,27)25-12-7-14(29-10-17(19,20)21)9-15(8-12)30-11-18(22,23)24/h3-9,25H,2,10-11H2,1H3. The molecule has 0 saturated heterocycles. The zero-order chi connectivity index (χ0) is 23.3. The fraction of sp³-hybridized carbons (Fsp3) is 0.333. The van der Waals surface area contributed by atoms with E-state index in [0.717, 1.165) is 18.2 Å². The molecule has 0 fully saturated rings. The van der Waals surface area contributed by atoms with Crippen molar-refractivity contribution in [2.45, 2.75) is 24.2 Å². The largest absolute Gasteiger partial charge is 0.494 e. The van der Waals surface area contributed by atoms with Gasteiger partial charge in [0.05, 0.1) is 17.2 Å². The normalized spacial score (nSPS) is 12.4. The molecular weight excluding hydrogens is 456 g/mol. The number of benzene rings is 2. The van der Waals surface area contributed by atoms with Gasteiger partial charge in [-0.1, -0.05) is 0 Å². The highest BCUT2D eigenvalue weighted by molar-refractivity contribution is 7.92. The fourth-order valence-electron chi connectivity index (χ4n) is 2.22. The van der Waals surface area contributed by atoms with E-state index in [9.17, 15) is 34.8 Å². The zero-order valence-electron chi connectivity index (χ0n) is 15.9. The van der Waals surface area contributed by atoms with E-state index < -0.39 is 47.1 Å². The Morgan fingerprint density at radius 2 is 1.26 bits per heavy atom. The molecule has 31 heavy (non-hydrogen) atoms. The minimum absolute atomic E-state index is 0.213. The van der Waals surface area contributed by atoms with E-state index in [2.05, 4.69) is 14.2 Å². The molecular formula is C18H17F6NO5S. The van der Waals surface area contributed by atoms with E-state index >= 15 is 0 Å². The summed E-state index contributed by atoms with van der Waals surface area (Å²) in [7, 11) is -4.23. The van der Waals surface area contributed by atoms with Crippen LogP contribution in [-0.4, -0.2) is 40.6 Å². The molecule has 2 rings (SSSR count). The van der Waals surface area contributed by atoms with Crippen LogP contribution in [0, 0.1) is 0 Å². The van der Waals surface area contributed by atoms with Crippen molar-refractivity contribution in [1.82, 2.24) is 0 Å². The SMILES string of the molecule is CCOc1ccc(S(=O)(=O)Nc2cc(OCC(F)(F)F)cc(OCC(F)(F)F)c2)cc1. The molecule has 0 aliphatic carbocycles. The Morgan fingerprint density at radius 3 is 1.68 bits per heavy atom.